The fraction of sp³-hybridized carbons (Fsp3) is 0.417. The summed E-state index contributed by atoms with van der Waals surface area (Å²) in [7, 11) is 1.40. The van der Waals surface area contributed by atoms with E-state index in [4.69, 9.17) is 4.74 Å². The van der Waals surface area contributed by atoms with E-state index in [0.29, 0.717) is 11.5 Å². The Morgan fingerprint density at radius 3 is 2.80 bits per heavy atom. The maximum atomic E-state index is 11.2. The van der Waals surface area contributed by atoms with Crippen LogP contribution in [-0.4, -0.2) is 26.3 Å². The third kappa shape index (κ3) is 2.36. The van der Waals surface area contributed by atoms with Crippen LogP contribution in [0.15, 0.2) is 35.5 Å². The number of carbonyl (C=O) groups is 1. The molecule has 1 fully saturated rings. The van der Waals surface area contributed by atoms with Crippen molar-refractivity contribution >= 4 is 5.97 Å². The number of esters is 1. The zero-order valence-corrected chi connectivity index (χ0v) is 8.73. The van der Waals surface area contributed by atoms with Crippen LogP contribution < -0.4 is 0 Å². The fourth-order valence-electron chi connectivity index (χ4n) is 1.61. The predicted molar refractivity (Wildman–Crippen MR) is 56.2 cm³/mol. The summed E-state index contributed by atoms with van der Waals surface area (Å²) in [6, 6.07) is 0. The third-order valence-electron chi connectivity index (χ3n) is 2.57. The highest BCUT2D eigenvalue weighted by Gasteiger charge is 2.17. The van der Waals surface area contributed by atoms with Gasteiger partial charge in [-0.05, 0) is 18.1 Å². The van der Waals surface area contributed by atoms with Crippen molar-refractivity contribution in [2.45, 2.75) is 6.42 Å². The molecule has 2 aliphatic rings. The maximum absolute atomic E-state index is 11.2. The second-order valence-electron chi connectivity index (χ2n) is 3.73. The number of methoxy groups -OCH3 is 1. The molecule has 0 radical (unpaired) electrons. The van der Waals surface area contributed by atoms with E-state index < -0.39 is 0 Å². The molecule has 15 heavy (non-hydrogen) atoms. The van der Waals surface area contributed by atoms with E-state index in [0.717, 1.165) is 19.6 Å². The van der Waals surface area contributed by atoms with Gasteiger partial charge in [0.05, 0.1) is 25.9 Å². The van der Waals surface area contributed by atoms with Gasteiger partial charge in [-0.25, -0.2) is 4.79 Å². The van der Waals surface area contributed by atoms with Crippen molar-refractivity contribution in [3.63, 3.8) is 0 Å². The third-order valence-corrected chi connectivity index (χ3v) is 2.57. The van der Waals surface area contributed by atoms with Crippen molar-refractivity contribution in [3.05, 3.63) is 35.5 Å². The zero-order valence-electron chi connectivity index (χ0n) is 8.73. The Labute approximate surface area is 89.1 Å². The van der Waals surface area contributed by atoms with Crippen LogP contribution in [0.5, 0.6) is 0 Å². The topological polar surface area (TPSA) is 35.5 Å². The molecule has 0 spiro atoms. The lowest BCUT2D eigenvalue weighted by molar-refractivity contribution is -0.135. The molecule has 1 aliphatic heterocycles. The first-order valence-electron chi connectivity index (χ1n) is 5.04. The molecule has 0 N–H and O–H groups in total. The van der Waals surface area contributed by atoms with Crippen molar-refractivity contribution < 1.29 is 14.3 Å². The Hall–Kier alpha value is -1.35. The molecule has 0 atom stereocenters. The van der Waals surface area contributed by atoms with Gasteiger partial charge in [0.25, 0.3) is 0 Å². The van der Waals surface area contributed by atoms with Crippen LogP contribution in [0, 0.1) is 5.92 Å². The number of hydrogen-bond acceptors (Lipinski definition) is 3. The normalized spacial score (nSPS) is 23.5. The van der Waals surface area contributed by atoms with Gasteiger partial charge in [0.2, 0.25) is 0 Å². The Morgan fingerprint density at radius 2 is 2.33 bits per heavy atom. The smallest absolute Gasteiger partial charge is 0.337 e. The Balaban J connectivity index is 1.96. The summed E-state index contributed by atoms with van der Waals surface area (Å²) in [6.07, 6.45) is 8.70. The van der Waals surface area contributed by atoms with Gasteiger partial charge in [-0.3, -0.25) is 0 Å². The van der Waals surface area contributed by atoms with Crippen LogP contribution in [0.1, 0.15) is 6.42 Å². The first-order chi connectivity index (χ1) is 7.29. The summed E-state index contributed by atoms with van der Waals surface area (Å²) in [4.78, 5) is 11.2. The summed E-state index contributed by atoms with van der Waals surface area (Å²) in [5, 5.41) is 0. The van der Waals surface area contributed by atoms with E-state index in [1.54, 1.807) is 6.08 Å². The van der Waals surface area contributed by atoms with E-state index in [2.05, 4.69) is 10.8 Å². The van der Waals surface area contributed by atoms with Gasteiger partial charge >= 0.3 is 5.97 Å². The number of carbonyl (C=O) groups excluding carboxylic acids is 1. The molecular weight excluding hydrogens is 192 g/mol. The van der Waals surface area contributed by atoms with Crippen molar-refractivity contribution in [3.8, 4) is 0 Å². The van der Waals surface area contributed by atoms with Gasteiger partial charge in [0, 0.05) is 5.92 Å². The van der Waals surface area contributed by atoms with Crippen LogP contribution in [0.2, 0.25) is 0 Å². The molecule has 0 bridgehead atoms. The van der Waals surface area contributed by atoms with E-state index in [-0.39, 0.29) is 5.97 Å². The molecule has 0 unspecified atom stereocenters. The van der Waals surface area contributed by atoms with E-state index in [9.17, 15) is 4.79 Å². The molecule has 0 saturated carbocycles. The van der Waals surface area contributed by atoms with Crippen molar-refractivity contribution in [1.82, 2.24) is 0 Å². The molecule has 0 aromatic heterocycles. The highest BCUT2D eigenvalue weighted by molar-refractivity contribution is 5.92. The second-order valence-corrected chi connectivity index (χ2v) is 3.73. The van der Waals surface area contributed by atoms with Crippen LogP contribution in [-0.2, 0) is 14.3 Å². The summed E-state index contributed by atoms with van der Waals surface area (Å²) in [5.41, 5.74) is 1.88. The molecule has 1 heterocycles. The standard InChI is InChI=1S/C12H14O3/c1-14-12(13)11-4-2-9(3-5-11)6-10-7-15-8-10/h2,4-6,10H,3,7-8H2,1H3. The van der Waals surface area contributed by atoms with Gasteiger partial charge in [-0.1, -0.05) is 18.2 Å². The monoisotopic (exact) mass is 206 g/mol. The Bertz CT molecular complexity index is 346. The minimum Gasteiger partial charge on any atom is -0.465 e. The van der Waals surface area contributed by atoms with Gasteiger partial charge in [0.15, 0.2) is 0 Å². The van der Waals surface area contributed by atoms with E-state index in [1.807, 2.05) is 12.2 Å². The fourth-order valence-corrected chi connectivity index (χ4v) is 1.61. The van der Waals surface area contributed by atoms with Gasteiger partial charge < -0.3 is 9.47 Å². The van der Waals surface area contributed by atoms with Gasteiger partial charge in [-0.15, -0.1) is 0 Å². The lowest BCUT2D eigenvalue weighted by Crippen LogP contribution is -2.25. The molecule has 1 saturated heterocycles. The van der Waals surface area contributed by atoms with Crippen LogP contribution in [0.3, 0.4) is 0 Å². The zero-order chi connectivity index (χ0) is 10.7. The quantitative estimate of drug-likeness (QED) is 0.644. The van der Waals surface area contributed by atoms with E-state index >= 15 is 0 Å². The summed E-state index contributed by atoms with van der Waals surface area (Å²) in [6.45, 7) is 1.65. The van der Waals surface area contributed by atoms with Gasteiger partial charge in [0.1, 0.15) is 0 Å². The first kappa shape index (κ1) is 10.2. The van der Waals surface area contributed by atoms with Gasteiger partial charge in [-0.2, -0.15) is 0 Å². The molecule has 3 heteroatoms. The summed E-state index contributed by atoms with van der Waals surface area (Å²) in [5.74, 6) is 0.287. The minimum absolute atomic E-state index is 0.266. The summed E-state index contributed by atoms with van der Waals surface area (Å²) < 4.78 is 9.74. The lowest BCUT2D eigenvalue weighted by atomic mass is 9.97. The Morgan fingerprint density at radius 1 is 1.53 bits per heavy atom. The lowest BCUT2D eigenvalue weighted by Gasteiger charge is -2.23. The molecule has 1 aliphatic carbocycles. The second kappa shape index (κ2) is 4.45. The molecule has 3 nitrogen and oxygen atoms in total. The highest BCUT2D eigenvalue weighted by atomic mass is 16.5. The molecular formula is C12H14O3. The van der Waals surface area contributed by atoms with Crippen molar-refractivity contribution in [1.29, 1.82) is 0 Å². The molecule has 0 aromatic carbocycles. The van der Waals surface area contributed by atoms with Crippen molar-refractivity contribution in [2.24, 2.45) is 5.92 Å². The molecule has 0 amide bonds. The largest absolute Gasteiger partial charge is 0.465 e. The average molecular weight is 206 g/mol. The number of ether oxygens (including phenoxy) is 2. The summed E-state index contributed by atoms with van der Waals surface area (Å²) >= 11 is 0. The number of rotatable bonds is 2. The SMILES string of the molecule is COC(=O)C1=CCC(=CC2COC2)C=C1. The Kier molecular flexibility index (Phi) is 3.02. The number of hydrogen-bond donors (Lipinski definition) is 0. The van der Waals surface area contributed by atoms with Crippen molar-refractivity contribution in [2.75, 3.05) is 20.3 Å². The average Bonchev–Trinajstić information content (AvgIpc) is 2.23. The van der Waals surface area contributed by atoms with Crippen LogP contribution in [0.25, 0.3) is 0 Å². The minimum atomic E-state index is -0.266. The predicted octanol–water partition coefficient (Wildman–Crippen LogP) is 1.62. The first-order valence-corrected chi connectivity index (χ1v) is 5.04. The van der Waals surface area contributed by atoms with Crippen LogP contribution in [0.4, 0.5) is 0 Å². The van der Waals surface area contributed by atoms with Crippen LogP contribution >= 0.6 is 0 Å². The van der Waals surface area contributed by atoms with E-state index in [1.165, 1.54) is 12.7 Å². The molecule has 80 valence electrons. The maximum Gasteiger partial charge on any atom is 0.337 e. The molecule has 0 aromatic rings. The highest BCUT2D eigenvalue weighted by Crippen LogP contribution is 2.21. The molecule has 2 rings (SSSR count). The number of allylic oxidation sites excluding steroid dienone is 3.